The lowest BCUT2D eigenvalue weighted by atomic mass is 10.2. The maximum Gasteiger partial charge on any atom is 0.257 e. The third kappa shape index (κ3) is 4.28. The predicted molar refractivity (Wildman–Crippen MR) is 106 cm³/mol. The molecule has 1 heterocycles. The van der Waals surface area contributed by atoms with Crippen molar-refractivity contribution >= 4 is 46.4 Å². The normalized spacial score (nSPS) is 10.6. The van der Waals surface area contributed by atoms with Crippen molar-refractivity contribution in [1.29, 1.82) is 0 Å². The Morgan fingerprint density at radius 3 is 2.50 bits per heavy atom. The van der Waals surface area contributed by atoms with Gasteiger partial charge in [-0.25, -0.2) is 0 Å². The van der Waals surface area contributed by atoms with Gasteiger partial charge in [0.2, 0.25) is 0 Å². The highest BCUT2D eigenvalue weighted by Gasteiger charge is 2.11. The molecule has 2 aromatic carbocycles. The molecule has 3 rings (SSSR count). The summed E-state index contributed by atoms with van der Waals surface area (Å²) in [5.74, 6) is -0.401. The standard InChI is InChI=1S/C19H13Cl3N2O2/c20-14-6-7-16(22)17(9-14)23-19(26)13-5-8-18(25)24(11-13)10-12-3-1-2-4-15(12)21/h1-9,11H,10H2,(H,23,26). The number of nitrogens with zero attached hydrogens (tertiary/aromatic N) is 1. The van der Waals surface area contributed by atoms with E-state index in [1.165, 1.54) is 22.9 Å². The topological polar surface area (TPSA) is 51.1 Å². The lowest BCUT2D eigenvalue weighted by Crippen LogP contribution is -2.22. The van der Waals surface area contributed by atoms with Gasteiger partial charge in [0.05, 0.1) is 22.8 Å². The van der Waals surface area contributed by atoms with Gasteiger partial charge in [0, 0.05) is 22.3 Å². The first-order valence-electron chi connectivity index (χ1n) is 7.64. The zero-order valence-electron chi connectivity index (χ0n) is 13.4. The van der Waals surface area contributed by atoms with E-state index in [1.807, 2.05) is 18.2 Å². The fourth-order valence-corrected chi connectivity index (χ4v) is 2.92. The van der Waals surface area contributed by atoms with Gasteiger partial charge in [-0.15, -0.1) is 0 Å². The van der Waals surface area contributed by atoms with Crippen molar-refractivity contribution in [1.82, 2.24) is 4.57 Å². The van der Waals surface area contributed by atoms with Gasteiger partial charge in [-0.05, 0) is 35.9 Å². The van der Waals surface area contributed by atoms with Crippen molar-refractivity contribution in [2.75, 3.05) is 5.32 Å². The molecule has 0 atom stereocenters. The van der Waals surface area contributed by atoms with Crippen molar-refractivity contribution in [3.8, 4) is 0 Å². The second-order valence-electron chi connectivity index (χ2n) is 5.55. The van der Waals surface area contributed by atoms with Crippen LogP contribution in [0.25, 0.3) is 0 Å². The van der Waals surface area contributed by atoms with Crippen molar-refractivity contribution in [2.24, 2.45) is 0 Å². The number of aromatic nitrogens is 1. The molecule has 0 saturated carbocycles. The van der Waals surface area contributed by atoms with Crippen LogP contribution in [-0.2, 0) is 6.54 Å². The number of anilines is 1. The van der Waals surface area contributed by atoms with Crippen LogP contribution in [0.15, 0.2) is 65.6 Å². The fraction of sp³-hybridized carbons (Fsp3) is 0.0526. The second-order valence-corrected chi connectivity index (χ2v) is 6.80. The van der Waals surface area contributed by atoms with E-state index >= 15 is 0 Å². The Kier molecular flexibility index (Phi) is 5.67. The van der Waals surface area contributed by atoms with Crippen molar-refractivity contribution in [3.05, 3.63) is 97.3 Å². The smallest absolute Gasteiger partial charge is 0.257 e. The van der Waals surface area contributed by atoms with Crippen LogP contribution in [0.3, 0.4) is 0 Å². The number of hydrogen-bond donors (Lipinski definition) is 1. The molecule has 1 N–H and O–H groups in total. The van der Waals surface area contributed by atoms with Crippen molar-refractivity contribution in [3.63, 3.8) is 0 Å². The first kappa shape index (κ1) is 18.5. The molecule has 0 bridgehead atoms. The summed E-state index contributed by atoms with van der Waals surface area (Å²) < 4.78 is 1.43. The van der Waals surface area contributed by atoms with Gasteiger partial charge in [0.1, 0.15) is 0 Å². The Hall–Kier alpha value is -2.27. The van der Waals surface area contributed by atoms with E-state index < -0.39 is 5.91 Å². The molecule has 0 saturated heterocycles. The molecular formula is C19H13Cl3N2O2. The maximum atomic E-state index is 12.5. The molecule has 0 aliphatic carbocycles. The summed E-state index contributed by atoms with van der Waals surface area (Å²) in [5.41, 5.74) is 1.26. The molecule has 1 amide bonds. The van der Waals surface area contributed by atoms with Crippen LogP contribution in [-0.4, -0.2) is 10.5 Å². The molecular weight excluding hydrogens is 395 g/mol. The van der Waals surface area contributed by atoms with Crippen LogP contribution in [0, 0.1) is 0 Å². The molecule has 0 fully saturated rings. The van der Waals surface area contributed by atoms with E-state index in [1.54, 1.807) is 24.3 Å². The highest BCUT2D eigenvalue weighted by atomic mass is 35.5. The Morgan fingerprint density at radius 2 is 1.73 bits per heavy atom. The zero-order valence-corrected chi connectivity index (χ0v) is 15.6. The van der Waals surface area contributed by atoms with Crippen LogP contribution in [0.4, 0.5) is 5.69 Å². The SMILES string of the molecule is O=C(Nc1cc(Cl)ccc1Cl)c1ccc(=O)n(Cc2ccccc2Cl)c1. The van der Waals surface area contributed by atoms with E-state index in [2.05, 4.69) is 5.32 Å². The summed E-state index contributed by atoms with van der Waals surface area (Å²) in [6, 6.07) is 14.8. The van der Waals surface area contributed by atoms with Crippen molar-refractivity contribution in [2.45, 2.75) is 6.54 Å². The second kappa shape index (κ2) is 7.96. The summed E-state index contributed by atoms with van der Waals surface area (Å²) in [4.78, 5) is 24.6. The summed E-state index contributed by atoms with van der Waals surface area (Å²) in [5, 5.41) is 4.07. The minimum absolute atomic E-state index is 0.234. The first-order valence-corrected chi connectivity index (χ1v) is 8.78. The van der Waals surface area contributed by atoms with Gasteiger partial charge in [-0.3, -0.25) is 9.59 Å². The molecule has 26 heavy (non-hydrogen) atoms. The van der Waals surface area contributed by atoms with Gasteiger partial charge < -0.3 is 9.88 Å². The molecule has 0 radical (unpaired) electrons. The van der Waals surface area contributed by atoms with Crippen LogP contribution < -0.4 is 10.9 Å². The molecule has 0 aliphatic rings. The van der Waals surface area contributed by atoms with Crippen LogP contribution in [0.5, 0.6) is 0 Å². The summed E-state index contributed by atoms with van der Waals surface area (Å²) >= 11 is 18.1. The van der Waals surface area contributed by atoms with Gasteiger partial charge >= 0.3 is 0 Å². The number of carbonyl (C=O) groups is 1. The average molecular weight is 408 g/mol. The third-order valence-corrected chi connectivity index (χ3v) is 4.65. The highest BCUT2D eigenvalue weighted by Crippen LogP contribution is 2.25. The predicted octanol–water partition coefficient (Wildman–Crippen LogP) is 5.11. The van der Waals surface area contributed by atoms with Crippen LogP contribution in [0.2, 0.25) is 15.1 Å². The van der Waals surface area contributed by atoms with Crippen LogP contribution in [0.1, 0.15) is 15.9 Å². The molecule has 0 spiro atoms. The average Bonchev–Trinajstić information content (AvgIpc) is 2.62. The molecule has 132 valence electrons. The minimum atomic E-state index is -0.401. The number of benzene rings is 2. The largest absolute Gasteiger partial charge is 0.321 e. The summed E-state index contributed by atoms with van der Waals surface area (Å²) in [6.45, 7) is 0.261. The Labute approximate surface area is 164 Å². The number of hydrogen-bond acceptors (Lipinski definition) is 2. The number of amides is 1. The molecule has 1 aromatic heterocycles. The molecule has 3 aromatic rings. The van der Waals surface area contributed by atoms with E-state index in [0.717, 1.165) is 5.56 Å². The third-order valence-electron chi connectivity index (χ3n) is 3.72. The lowest BCUT2D eigenvalue weighted by molar-refractivity contribution is 0.102. The van der Waals surface area contributed by atoms with Gasteiger partial charge in [0.15, 0.2) is 0 Å². The van der Waals surface area contributed by atoms with Crippen LogP contribution >= 0.6 is 34.8 Å². The number of pyridine rings is 1. The van der Waals surface area contributed by atoms with Gasteiger partial charge in [-0.2, -0.15) is 0 Å². The van der Waals surface area contributed by atoms with Gasteiger partial charge in [-0.1, -0.05) is 53.0 Å². The number of nitrogens with one attached hydrogen (secondary N) is 1. The van der Waals surface area contributed by atoms with E-state index in [9.17, 15) is 9.59 Å². The molecule has 4 nitrogen and oxygen atoms in total. The summed E-state index contributed by atoms with van der Waals surface area (Å²) in [6.07, 6.45) is 1.49. The first-order chi connectivity index (χ1) is 12.4. The molecule has 7 heteroatoms. The van der Waals surface area contributed by atoms with Gasteiger partial charge in [0.25, 0.3) is 11.5 Å². The fourth-order valence-electron chi connectivity index (χ4n) is 2.39. The summed E-state index contributed by atoms with van der Waals surface area (Å²) in [7, 11) is 0. The monoisotopic (exact) mass is 406 g/mol. The molecule has 0 aliphatic heterocycles. The number of halogens is 3. The van der Waals surface area contributed by atoms with Crippen molar-refractivity contribution < 1.29 is 4.79 Å². The minimum Gasteiger partial charge on any atom is -0.321 e. The Balaban J connectivity index is 1.87. The number of rotatable bonds is 4. The van der Waals surface area contributed by atoms with E-state index in [4.69, 9.17) is 34.8 Å². The maximum absolute atomic E-state index is 12.5. The molecule has 0 unspecified atom stereocenters. The highest BCUT2D eigenvalue weighted by molar-refractivity contribution is 6.35. The van der Waals surface area contributed by atoms with E-state index in [0.29, 0.717) is 26.3 Å². The quantitative estimate of drug-likeness (QED) is 0.653. The Morgan fingerprint density at radius 1 is 0.962 bits per heavy atom. The van der Waals surface area contributed by atoms with E-state index in [-0.39, 0.29) is 12.1 Å². The zero-order chi connectivity index (χ0) is 18.7. The Bertz CT molecular complexity index is 1030. The lowest BCUT2D eigenvalue weighted by Gasteiger charge is -2.11. The number of carbonyl (C=O) groups excluding carboxylic acids is 1.